The molecule has 1 atom stereocenters. The van der Waals surface area contributed by atoms with Gasteiger partial charge in [0.05, 0.1) is 24.2 Å². The second-order valence-corrected chi connectivity index (χ2v) is 5.34. The molecule has 0 saturated carbocycles. The first-order chi connectivity index (χ1) is 12.0. The summed E-state index contributed by atoms with van der Waals surface area (Å²) in [7, 11) is 1.20. The lowest BCUT2D eigenvalue weighted by Gasteiger charge is -2.16. The van der Waals surface area contributed by atoms with Crippen molar-refractivity contribution in [1.29, 1.82) is 5.26 Å². The van der Waals surface area contributed by atoms with E-state index >= 15 is 0 Å². The van der Waals surface area contributed by atoms with Crippen molar-refractivity contribution in [1.82, 2.24) is 5.32 Å². The van der Waals surface area contributed by atoms with Crippen molar-refractivity contribution in [2.45, 2.75) is 18.9 Å². The van der Waals surface area contributed by atoms with Crippen molar-refractivity contribution in [2.24, 2.45) is 0 Å². The highest BCUT2D eigenvalue weighted by molar-refractivity contribution is 6.02. The monoisotopic (exact) mass is 346 g/mol. The van der Waals surface area contributed by atoms with Gasteiger partial charge in [0.1, 0.15) is 17.4 Å². The number of carbonyl (C=O) groups excluding carboxylic acids is 1. The standard InChI is InChI=1S/C16H17N3O6/c1-24-14-7-12(19(22)23)6-10(15(14)20)5-11(8-17)16(21)18-9-13-3-2-4-25-13/h5-7,13,20H,2-4,9H2,1H3,(H,18,21)/p-1/b11-5+/t13-/m0/s1. The van der Waals surface area contributed by atoms with Crippen LogP contribution in [0.15, 0.2) is 17.7 Å². The van der Waals surface area contributed by atoms with Gasteiger partial charge in [-0.3, -0.25) is 14.9 Å². The Hall–Kier alpha value is -3.12. The molecular weight excluding hydrogens is 330 g/mol. The van der Waals surface area contributed by atoms with Gasteiger partial charge in [-0.1, -0.05) is 5.75 Å². The van der Waals surface area contributed by atoms with E-state index in [9.17, 15) is 20.0 Å². The molecule has 1 aliphatic rings. The molecule has 0 aliphatic carbocycles. The minimum atomic E-state index is -0.692. The first kappa shape index (κ1) is 18.2. The Kier molecular flexibility index (Phi) is 5.92. The summed E-state index contributed by atoms with van der Waals surface area (Å²) >= 11 is 0. The lowest BCUT2D eigenvalue weighted by atomic mass is 10.1. The number of nitriles is 1. The van der Waals surface area contributed by atoms with Gasteiger partial charge in [0.2, 0.25) is 0 Å². The van der Waals surface area contributed by atoms with E-state index in [0.29, 0.717) is 6.61 Å². The van der Waals surface area contributed by atoms with Crippen molar-refractivity contribution in [2.75, 3.05) is 20.3 Å². The summed E-state index contributed by atoms with van der Waals surface area (Å²) in [6.45, 7) is 0.884. The number of rotatable bonds is 6. The Morgan fingerprint density at radius 2 is 2.36 bits per heavy atom. The number of nitro groups is 1. The number of methoxy groups -OCH3 is 1. The van der Waals surface area contributed by atoms with Crippen LogP contribution in [-0.4, -0.2) is 37.2 Å². The molecule has 2 rings (SSSR count). The van der Waals surface area contributed by atoms with E-state index in [0.717, 1.165) is 31.1 Å². The number of benzene rings is 1. The van der Waals surface area contributed by atoms with Crippen LogP contribution in [0.25, 0.3) is 6.08 Å². The number of ether oxygens (including phenoxy) is 2. The molecule has 0 radical (unpaired) electrons. The highest BCUT2D eigenvalue weighted by atomic mass is 16.6. The van der Waals surface area contributed by atoms with E-state index in [4.69, 9.17) is 14.7 Å². The fourth-order valence-electron chi connectivity index (χ4n) is 2.38. The Balaban J connectivity index is 2.25. The van der Waals surface area contributed by atoms with Gasteiger partial charge in [-0.25, -0.2) is 0 Å². The van der Waals surface area contributed by atoms with Gasteiger partial charge >= 0.3 is 0 Å². The second kappa shape index (κ2) is 8.12. The first-order valence-electron chi connectivity index (χ1n) is 7.51. The van der Waals surface area contributed by atoms with Crippen molar-refractivity contribution < 1.29 is 24.3 Å². The molecule has 0 unspecified atom stereocenters. The predicted octanol–water partition coefficient (Wildman–Crippen LogP) is 0.879. The van der Waals surface area contributed by atoms with Crippen LogP contribution in [0.4, 0.5) is 5.69 Å². The maximum absolute atomic E-state index is 12.2. The van der Waals surface area contributed by atoms with Crippen LogP contribution >= 0.6 is 0 Å². The van der Waals surface area contributed by atoms with Gasteiger partial charge in [-0.05, 0) is 24.5 Å². The molecule has 9 heteroatoms. The lowest BCUT2D eigenvalue weighted by Crippen LogP contribution is -2.32. The highest BCUT2D eigenvalue weighted by Crippen LogP contribution is 2.33. The third kappa shape index (κ3) is 4.45. The quantitative estimate of drug-likeness (QED) is 0.349. The number of hydrogen-bond acceptors (Lipinski definition) is 7. The SMILES string of the molecule is COc1cc([N+](=O)[O-])cc(/C=C(\C#N)C(=O)NC[C@@H]2CCCO2)c1[O-]. The first-order valence-corrected chi connectivity index (χ1v) is 7.51. The average molecular weight is 346 g/mol. The summed E-state index contributed by atoms with van der Waals surface area (Å²) in [5.74, 6) is -1.56. The van der Waals surface area contributed by atoms with Crippen LogP contribution in [-0.2, 0) is 9.53 Å². The Morgan fingerprint density at radius 1 is 1.60 bits per heavy atom. The number of amides is 1. The fourth-order valence-corrected chi connectivity index (χ4v) is 2.38. The number of nitrogens with zero attached hydrogens (tertiary/aromatic N) is 2. The molecule has 1 amide bonds. The van der Waals surface area contributed by atoms with Crippen LogP contribution < -0.4 is 15.2 Å². The summed E-state index contributed by atoms with van der Waals surface area (Å²) in [4.78, 5) is 22.3. The van der Waals surface area contributed by atoms with E-state index < -0.39 is 16.6 Å². The molecule has 1 fully saturated rings. The minimum Gasteiger partial charge on any atom is -0.870 e. The predicted molar refractivity (Wildman–Crippen MR) is 84.7 cm³/mol. The molecular formula is C16H16N3O6-. The van der Waals surface area contributed by atoms with Crippen LogP contribution in [0.1, 0.15) is 18.4 Å². The van der Waals surface area contributed by atoms with Gasteiger partial charge < -0.3 is 19.9 Å². The molecule has 1 N–H and O–H groups in total. The Morgan fingerprint density at radius 3 is 2.92 bits per heavy atom. The second-order valence-electron chi connectivity index (χ2n) is 5.34. The number of carbonyl (C=O) groups is 1. The molecule has 1 aromatic rings. The van der Waals surface area contributed by atoms with Gasteiger partial charge in [0.25, 0.3) is 11.6 Å². The van der Waals surface area contributed by atoms with E-state index in [1.807, 2.05) is 0 Å². The molecule has 1 saturated heterocycles. The van der Waals surface area contributed by atoms with Crippen LogP contribution in [0.5, 0.6) is 11.5 Å². The van der Waals surface area contributed by atoms with Crippen molar-refractivity contribution >= 4 is 17.7 Å². The zero-order chi connectivity index (χ0) is 18.4. The number of hydrogen-bond donors (Lipinski definition) is 1. The highest BCUT2D eigenvalue weighted by Gasteiger charge is 2.18. The molecule has 0 spiro atoms. The van der Waals surface area contributed by atoms with E-state index in [1.54, 1.807) is 6.07 Å². The van der Waals surface area contributed by atoms with E-state index in [1.165, 1.54) is 7.11 Å². The normalized spacial score (nSPS) is 17.0. The topological polar surface area (TPSA) is 138 Å². The number of nitro benzene ring substituents is 1. The van der Waals surface area contributed by atoms with Crippen LogP contribution in [0, 0.1) is 21.4 Å². The molecule has 0 bridgehead atoms. The molecule has 0 aromatic heterocycles. The van der Waals surface area contributed by atoms with Gasteiger partial charge in [-0.15, -0.1) is 0 Å². The van der Waals surface area contributed by atoms with Gasteiger partial charge in [0, 0.05) is 19.2 Å². The summed E-state index contributed by atoms with van der Waals surface area (Å²) in [6, 6.07) is 3.68. The molecule has 132 valence electrons. The van der Waals surface area contributed by atoms with Gasteiger partial charge in [-0.2, -0.15) is 5.26 Å². The number of non-ortho nitro benzene ring substituents is 1. The smallest absolute Gasteiger partial charge is 0.273 e. The maximum atomic E-state index is 12.2. The van der Waals surface area contributed by atoms with Crippen molar-refractivity contribution in [3.63, 3.8) is 0 Å². The Bertz CT molecular complexity index is 747. The minimum absolute atomic E-state index is 0.100. The van der Waals surface area contributed by atoms with E-state index in [-0.39, 0.29) is 35.2 Å². The third-order valence-corrected chi connectivity index (χ3v) is 3.68. The molecule has 1 heterocycles. The Labute approximate surface area is 143 Å². The van der Waals surface area contributed by atoms with Crippen LogP contribution in [0.2, 0.25) is 0 Å². The van der Waals surface area contributed by atoms with E-state index in [2.05, 4.69) is 5.32 Å². The molecule has 1 aliphatic heterocycles. The summed E-state index contributed by atoms with van der Waals surface area (Å²) < 4.78 is 10.2. The summed E-state index contributed by atoms with van der Waals surface area (Å²) in [6.07, 6.45) is 2.65. The molecule has 25 heavy (non-hydrogen) atoms. The lowest BCUT2D eigenvalue weighted by molar-refractivity contribution is -0.385. The molecule has 9 nitrogen and oxygen atoms in total. The largest absolute Gasteiger partial charge is 0.870 e. The van der Waals surface area contributed by atoms with Crippen LogP contribution in [0.3, 0.4) is 0 Å². The van der Waals surface area contributed by atoms with Crippen molar-refractivity contribution in [3.8, 4) is 17.6 Å². The summed E-state index contributed by atoms with van der Waals surface area (Å²) in [5, 5.41) is 34.8. The zero-order valence-electron chi connectivity index (χ0n) is 13.5. The summed E-state index contributed by atoms with van der Waals surface area (Å²) in [5.41, 5.74) is -0.882. The number of nitrogens with one attached hydrogen (secondary N) is 1. The fraction of sp³-hybridized carbons (Fsp3) is 0.375. The maximum Gasteiger partial charge on any atom is 0.273 e. The zero-order valence-corrected chi connectivity index (χ0v) is 13.5. The van der Waals surface area contributed by atoms with Crippen molar-refractivity contribution in [3.05, 3.63) is 33.4 Å². The average Bonchev–Trinajstić information content (AvgIpc) is 3.12. The third-order valence-electron chi connectivity index (χ3n) is 3.68. The molecule has 1 aromatic carbocycles. The van der Waals surface area contributed by atoms with Gasteiger partial charge in [0.15, 0.2) is 0 Å².